The normalized spacial score (nSPS) is 11.6. The zero-order valence-electron chi connectivity index (χ0n) is 16.6. The first-order valence-electron chi connectivity index (χ1n) is 8.83. The monoisotopic (exact) mass is 490 g/mol. The molecule has 2 heterocycles. The zero-order valence-corrected chi connectivity index (χ0v) is 19.8. The molecule has 2 aromatic heterocycles. The summed E-state index contributed by atoms with van der Waals surface area (Å²) in [6.45, 7) is 10.9. The minimum absolute atomic E-state index is 0. The van der Waals surface area contributed by atoms with E-state index in [1.807, 2.05) is 18.7 Å². The number of hydrogen-bond acceptors (Lipinski definition) is 4. The maximum Gasteiger partial charge on any atom is 0.193 e. The molecule has 0 amide bonds. The molecular formula is C18H31IN6S. The van der Waals surface area contributed by atoms with Gasteiger partial charge in [0.1, 0.15) is 0 Å². The second-order valence-corrected chi connectivity index (χ2v) is 7.63. The third-order valence-corrected chi connectivity index (χ3v) is 4.71. The predicted octanol–water partition coefficient (Wildman–Crippen LogP) is 3.57. The van der Waals surface area contributed by atoms with Gasteiger partial charge in [-0.25, -0.2) is 4.98 Å². The first-order chi connectivity index (χ1) is 11.9. The van der Waals surface area contributed by atoms with Crippen LogP contribution in [0.5, 0.6) is 0 Å². The minimum atomic E-state index is 0. The van der Waals surface area contributed by atoms with E-state index in [2.05, 4.69) is 59.7 Å². The molecule has 0 aliphatic heterocycles. The summed E-state index contributed by atoms with van der Waals surface area (Å²) in [7, 11) is 4.05. The molecule has 0 unspecified atom stereocenters. The van der Waals surface area contributed by atoms with E-state index in [0.717, 1.165) is 48.4 Å². The summed E-state index contributed by atoms with van der Waals surface area (Å²) in [6.07, 6.45) is 2.98. The lowest BCUT2D eigenvalue weighted by molar-refractivity contribution is 0.473. The molecule has 0 radical (unpaired) electrons. The maximum absolute atomic E-state index is 4.76. The van der Waals surface area contributed by atoms with E-state index in [9.17, 15) is 0 Å². The smallest absolute Gasteiger partial charge is 0.193 e. The van der Waals surface area contributed by atoms with Crippen molar-refractivity contribution in [1.29, 1.82) is 0 Å². The molecule has 0 aromatic carbocycles. The first-order valence-corrected chi connectivity index (χ1v) is 9.71. The fourth-order valence-corrected chi connectivity index (χ4v) is 3.41. The molecular weight excluding hydrogens is 459 g/mol. The number of aliphatic imine (C=N–C) groups is 1. The molecule has 2 aromatic rings. The van der Waals surface area contributed by atoms with Gasteiger partial charge in [-0.05, 0) is 19.8 Å². The van der Waals surface area contributed by atoms with Crippen molar-refractivity contribution in [2.45, 2.75) is 46.6 Å². The van der Waals surface area contributed by atoms with Crippen LogP contribution in [0.25, 0.3) is 0 Å². The van der Waals surface area contributed by atoms with E-state index in [4.69, 9.17) is 4.99 Å². The fourth-order valence-electron chi connectivity index (χ4n) is 2.76. The van der Waals surface area contributed by atoms with Gasteiger partial charge in [0.05, 0.1) is 16.4 Å². The van der Waals surface area contributed by atoms with E-state index in [0.29, 0.717) is 5.92 Å². The van der Waals surface area contributed by atoms with Crippen molar-refractivity contribution in [3.05, 3.63) is 33.5 Å². The Labute approximate surface area is 178 Å². The van der Waals surface area contributed by atoms with Crippen LogP contribution in [-0.4, -0.2) is 45.8 Å². The summed E-state index contributed by atoms with van der Waals surface area (Å²) in [5, 5.41) is 11.2. The van der Waals surface area contributed by atoms with Crippen LogP contribution in [0.4, 0.5) is 0 Å². The van der Waals surface area contributed by atoms with Crippen LogP contribution in [-0.2, 0) is 20.0 Å². The van der Waals surface area contributed by atoms with E-state index in [1.54, 1.807) is 11.3 Å². The molecule has 1 N–H and O–H groups in total. The summed E-state index contributed by atoms with van der Waals surface area (Å²) in [5.41, 5.74) is 3.53. The summed E-state index contributed by atoms with van der Waals surface area (Å²) in [5.74, 6) is 1.34. The van der Waals surface area contributed by atoms with Crippen LogP contribution in [0.15, 0.2) is 16.6 Å². The Hall–Kier alpha value is -1.16. The van der Waals surface area contributed by atoms with Crippen molar-refractivity contribution in [2.75, 3.05) is 20.1 Å². The Morgan fingerprint density at radius 3 is 2.73 bits per heavy atom. The maximum atomic E-state index is 4.76. The number of rotatable bonds is 7. The van der Waals surface area contributed by atoms with Gasteiger partial charge in [0, 0.05) is 57.3 Å². The standard InChI is InChI=1S/C18H30N6S.HI/c1-7-19-18(20-9-8-16-12-25-14(4)21-16)23(5)10-15-11-24(6)22-17(15)13(2)3;/h11-13H,7-10H2,1-6H3,(H,19,20);1H. The molecule has 0 fully saturated rings. The van der Waals surface area contributed by atoms with Crippen LogP contribution in [0.2, 0.25) is 0 Å². The molecule has 0 atom stereocenters. The van der Waals surface area contributed by atoms with Gasteiger partial charge in [-0.3, -0.25) is 9.67 Å². The lowest BCUT2D eigenvalue weighted by Crippen LogP contribution is -2.38. The molecule has 0 aliphatic rings. The van der Waals surface area contributed by atoms with Gasteiger partial charge in [-0.1, -0.05) is 13.8 Å². The Bertz CT molecular complexity index is 706. The van der Waals surface area contributed by atoms with E-state index in [1.165, 1.54) is 5.56 Å². The Morgan fingerprint density at radius 2 is 2.15 bits per heavy atom. The molecule has 0 spiro atoms. The SMILES string of the molecule is CCNC(=NCCc1csc(C)n1)N(C)Cc1cn(C)nc1C(C)C.I. The second-order valence-electron chi connectivity index (χ2n) is 6.57. The highest BCUT2D eigenvalue weighted by molar-refractivity contribution is 14.0. The minimum Gasteiger partial charge on any atom is -0.357 e. The second kappa shape index (κ2) is 10.9. The molecule has 146 valence electrons. The van der Waals surface area contributed by atoms with Gasteiger partial charge in [0.15, 0.2) is 5.96 Å². The lowest BCUT2D eigenvalue weighted by Gasteiger charge is -2.22. The molecule has 2 rings (SSSR count). The molecule has 6 nitrogen and oxygen atoms in total. The number of aromatic nitrogens is 3. The Kier molecular flexibility index (Phi) is 9.56. The van der Waals surface area contributed by atoms with Crippen LogP contribution < -0.4 is 5.32 Å². The quantitative estimate of drug-likeness (QED) is 0.367. The third kappa shape index (κ3) is 6.53. The summed E-state index contributed by atoms with van der Waals surface area (Å²) in [6, 6.07) is 0. The number of aryl methyl sites for hydroxylation is 2. The average molecular weight is 490 g/mol. The predicted molar refractivity (Wildman–Crippen MR) is 121 cm³/mol. The van der Waals surface area contributed by atoms with Gasteiger partial charge < -0.3 is 10.2 Å². The summed E-state index contributed by atoms with van der Waals surface area (Å²) < 4.78 is 1.90. The van der Waals surface area contributed by atoms with Crippen molar-refractivity contribution >= 4 is 41.3 Å². The highest BCUT2D eigenvalue weighted by Gasteiger charge is 2.15. The third-order valence-electron chi connectivity index (χ3n) is 3.88. The van der Waals surface area contributed by atoms with Crippen molar-refractivity contribution in [3.63, 3.8) is 0 Å². The summed E-state index contributed by atoms with van der Waals surface area (Å²) in [4.78, 5) is 11.4. The van der Waals surface area contributed by atoms with Crippen molar-refractivity contribution in [3.8, 4) is 0 Å². The largest absolute Gasteiger partial charge is 0.357 e. The number of nitrogens with one attached hydrogen (secondary N) is 1. The van der Waals surface area contributed by atoms with Crippen LogP contribution >= 0.6 is 35.3 Å². The van der Waals surface area contributed by atoms with Gasteiger partial charge in [-0.2, -0.15) is 5.10 Å². The average Bonchev–Trinajstić information content (AvgIpc) is 3.12. The number of thiazole rings is 1. The molecule has 26 heavy (non-hydrogen) atoms. The van der Waals surface area contributed by atoms with Crippen molar-refractivity contribution < 1.29 is 0 Å². The van der Waals surface area contributed by atoms with Crippen LogP contribution in [0.1, 0.15) is 48.6 Å². The highest BCUT2D eigenvalue weighted by atomic mass is 127. The Balaban J connectivity index is 0.00000338. The summed E-state index contributed by atoms with van der Waals surface area (Å²) >= 11 is 1.69. The van der Waals surface area contributed by atoms with Gasteiger partial charge in [-0.15, -0.1) is 35.3 Å². The molecule has 0 bridgehead atoms. The zero-order chi connectivity index (χ0) is 18.4. The lowest BCUT2D eigenvalue weighted by atomic mass is 10.1. The fraction of sp³-hybridized carbons (Fsp3) is 0.611. The number of guanidine groups is 1. The molecule has 0 saturated heterocycles. The Morgan fingerprint density at radius 1 is 1.42 bits per heavy atom. The van der Waals surface area contributed by atoms with Crippen molar-refractivity contribution in [1.82, 2.24) is 25.0 Å². The number of hydrogen-bond donors (Lipinski definition) is 1. The van der Waals surface area contributed by atoms with Crippen LogP contribution in [0.3, 0.4) is 0 Å². The van der Waals surface area contributed by atoms with Gasteiger partial charge in [0.25, 0.3) is 0 Å². The van der Waals surface area contributed by atoms with Crippen molar-refractivity contribution in [2.24, 2.45) is 12.0 Å². The van der Waals surface area contributed by atoms with E-state index < -0.39 is 0 Å². The number of halogens is 1. The first kappa shape index (κ1) is 22.9. The van der Waals surface area contributed by atoms with Gasteiger partial charge in [0.2, 0.25) is 0 Å². The van der Waals surface area contributed by atoms with Gasteiger partial charge >= 0.3 is 0 Å². The highest BCUT2D eigenvalue weighted by Crippen LogP contribution is 2.18. The van der Waals surface area contributed by atoms with E-state index in [-0.39, 0.29) is 24.0 Å². The van der Waals surface area contributed by atoms with Crippen LogP contribution in [0, 0.1) is 6.92 Å². The van der Waals surface area contributed by atoms with E-state index >= 15 is 0 Å². The number of nitrogens with zero attached hydrogens (tertiary/aromatic N) is 5. The topological polar surface area (TPSA) is 58.3 Å². The molecule has 0 aliphatic carbocycles. The molecule has 0 saturated carbocycles. The molecule has 8 heteroatoms.